The molecular weight excluding hydrogens is 288 g/mol. The fourth-order valence-electron chi connectivity index (χ4n) is 2.68. The van der Waals surface area contributed by atoms with Crippen molar-refractivity contribution in [1.29, 1.82) is 0 Å². The summed E-state index contributed by atoms with van der Waals surface area (Å²) in [4.78, 5) is 4.68. The highest BCUT2D eigenvalue weighted by molar-refractivity contribution is 5.60. The SMILES string of the molecule is CCc1cccc(-c2nnc(C)n2-c2c(C)cccc2OC)n1. The molecule has 0 spiro atoms. The molecule has 0 amide bonds. The molecule has 118 valence electrons. The Hall–Kier alpha value is -2.69. The summed E-state index contributed by atoms with van der Waals surface area (Å²) in [5, 5.41) is 8.61. The maximum absolute atomic E-state index is 5.54. The van der Waals surface area contributed by atoms with E-state index in [0.717, 1.165) is 46.5 Å². The summed E-state index contributed by atoms with van der Waals surface area (Å²) in [6, 6.07) is 12.0. The number of ether oxygens (including phenoxy) is 1. The Morgan fingerprint density at radius 1 is 1.04 bits per heavy atom. The van der Waals surface area contributed by atoms with Crippen LogP contribution in [0.2, 0.25) is 0 Å². The number of aryl methyl sites for hydroxylation is 3. The molecule has 0 atom stereocenters. The molecule has 3 rings (SSSR count). The van der Waals surface area contributed by atoms with Gasteiger partial charge in [0.25, 0.3) is 0 Å². The van der Waals surface area contributed by atoms with Crippen molar-refractivity contribution in [3.8, 4) is 23.0 Å². The fourth-order valence-corrected chi connectivity index (χ4v) is 2.68. The van der Waals surface area contributed by atoms with Crippen LogP contribution in [0.15, 0.2) is 36.4 Å². The second-order valence-corrected chi connectivity index (χ2v) is 5.40. The molecule has 0 N–H and O–H groups in total. The van der Waals surface area contributed by atoms with Crippen molar-refractivity contribution in [2.24, 2.45) is 0 Å². The minimum absolute atomic E-state index is 0.727. The summed E-state index contributed by atoms with van der Waals surface area (Å²) in [5.41, 5.74) is 3.90. The zero-order valence-electron chi connectivity index (χ0n) is 13.9. The van der Waals surface area contributed by atoms with E-state index in [1.807, 2.05) is 41.8 Å². The second kappa shape index (κ2) is 6.20. The molecule has 0 unspecified atom stereocenters. The van der Waals surface area contributed by atoms with Crippen molar-refractivity contribution < 1.29 is 4.74 Å². The van der Waals surface area contributed by atoms with Crippen LogP contribution < -0.4 is 4.74 Å². The lowest BCUT2D eigenvalue weighted by Gasteiger charge is -2.15. The number of para-hydroxylation sites is 1. The Kier molecular flexibility index (Phi) is 4.10. The molecule has 0 radical (unpaired) electrons. The van der Waals surface area contributed by atoms with E-state index in [4.69, 9.17) is 4.74 Å². The van der Waals surface area contributed by atoms with E-state index in [1.165, 1.54) is 0 Å². The summed E-state index contributed by atoms with van der Waals surface area (Å²) in [5.74, 6) is 2.32. The number of aromatic nitrogens is 4. The van der Waals surface area contributed by atoms with E-state index in [9.17, 15) is 0 Å². The summed E-state index contributed by atoms with van der Waals surface area (Å²) in [6.45, 7) is 6.08. The van der Waals surface area contributed by atoms with Gasteiger partial charge in [0.05, 0.1) is 12.8 Å². The lowest BCUT2D eigenvalue weighted by molar-refractivity contribution is 0.412. The van der Waals surface area contributed by atoms with Gasteiger partial charge >= 0.3 is 0 Å². The van der Waals surface area contributed by atoms with Crippen LogP contribution in [-0.2, 0) is 6.42 Å². The maximum atomic E-state index is 5.54. The number of pyridine rings is 1. The first kappa shape index (κ1) is 15.2. The zero-order chi connectivity index (χ0) is 16.4. The van der Waals surface area contributed by atoms with Crippen LogP contribution in [-0.4, -0.2) is 26.9 Å². The Morgan fingerprint density at radius 3 is 2.57 bits per heavy atom. The highest BCUT2D eigenvalue weighted by Crippen LogP contribution is 2.30. The maximum Gasteiger partial charge on any atom is 0.187 e. The third kappa shape index (κ3) is 2.70. The molecule has 0 fully saturated rings. The average molecular weight is 308 g/mol. The number of methoxy groups -OCH3 is 1. The van der Waals surface area contributed by atoms with Gasteiger partial charge in [-0.25, -0.2) is 4.98 Å². The van der Waals surface area contributed by atoms with E-state index >= 15 is 0 Å². The van der Waals surface area contributed by atoms with Gasteiger partial charge in [0.15, 0.2) is 5.82 Å². The molecule has 2 heterocycles. The third-order valence-corrected chi connectivity index (χ3v) is 3.87. The molecule has 1 aromatic carbocycles. The fraction of sp³-hybridized carbons (Fsp3) is 0.278. The predicted octanol–water partition coefficient (Wildman–Crippen LogP) is 3.52. The molecule has 0 saturated heterocycles. The highest BCUT2D eigenvalue weighted by Gasteiger charge is 2.18. The molecule has 5 nitrogen and oxygen atoms in total. The van der Waals surface area contributed by atoms with Gasteiger partial charge in [0.1, 0.15) is 17.3 Å². The first-order valence-electron chi connectivity index (χ1n) is 7.68. The van der Waals surface area contributed by atoms with Crippen molar-refractivity contribution in [3.63, 3.8) is 0 Å². The lowest BCUT2D eigenvalue weighted by atomic mass is 10.1. The number of benzene rings is 1. The van der Waals surface area contributed by atoms with Crippen LogP contribution in [0, 0.1) is 13.8 Å². The van der Waals surface area contributed by atoms with E-state index in [1.54, 1.807) is 7.11 Å². The number of hydrogen-bond donors (Lipinski definition) is 0. The second-order valence-electron chi connectivity index (χ2n) is 5.40. The van der Waals surface area contributed by atoms with Crippen LogP contribution in [0.4, 0.5) is 0 Å². The van der Waals surface area contributed by atoms with Gasteiger partial charge in [-0.3, -0.25) is 4.57 Å². The van der Waals surface area contributed by atoms with Crippen LogP contribution in [0.25, 0.3) is 17.2 Å². The average Bonchev–Trinajstić information content (AvgIpc) is 2.96. The lowest BCUT2D eigenvalue weighted by Crippen LogP contribution is -2.05. The molecule has 0 bridgehead atoms. The van der Waals surface area contributed by atoms with Crippen molar-refractivity contribution in [2.45, 2.75) is 27.2 Å². The standard InChI is InChI=1S/C18H20N4O/c1-5-14-9-7-10-15(19-14)18-21-20-13(3)22(18)17-12(2)8-6-11-16(17)23-4/h6-11H,5H2,1-4H3. The van der Waals surface area contributed by atoms with Crippen LogP contribution >= 0.6 is 0 Å². The Bertz CT molecular complexity index is 839. The third-order valence-electron chi connectivity index (χ3n) is 3.87. The van der Waals surface area contributed by atoms with E-state index in [0.29, 0.717) is 0 Å². The molecule has 0 saturated carbocycles. The van der Waals surface area contributed by atoms with Gasteiger partial charge < -0.3 is 4.74 Å². The van der Waals surface area contributed by atoms with Crippen molar-refractivity contribution >= 4 is 0 Å². The van der Waals surface area contributed by atoms with Crippen molar-refractivity contribution in [1.82, 2.24) is 19.7 Å². The monoisotopic (exact) mass is 308 g/mol. The molecule has 23 heavy (non-hydrogen) atoms. The largest absolute Gasteiger partial charge is 0.495 e. The number of nitrogens with zero attached hydrogens (tertiary/aromatic N) is 4. The molecule has 3 aromatic rings. The summed E-state index contributed by atoms with van der Waals surface area (Å²) in [7, 11) is 1.67. The minimum atomic E-state index is 0.727. The highest BCUT2D eigenvalue weighted by atomic mass is 16.5. The molecule has 0 aliphatic heterocycles. The smallest absolute Gasteiger partial charge is 0.187 e. The van der Waals surface area contributed by atoms with Gasteiger partial charge in [0, 0.05) is 5.69 Å². The zero-order valence-corrected chi connectivity index (χ0v) is 13.9. The quantitative estimate of drug-likeness (QED) is 0.740. The molecule has 0 aliphatic rings. The molecule has 0 aliphatic carbocycles. The normalized spacial score (nSPS) is 10.8. The predicted molar refractivity (Wildman–Crippen MR) is 90.0 cm³/mol. The summed E-state index contributed by atoms with van der Waals surface area (Å²) >= 11 is 0. The van der Waals surface area contributed by atoms with E-state index in [2.05, 4.69) is 35.1 Å². The van der Waals surface area contributed by atoms with Crippen molar-refractivity contribution in [3.05, 3.63) is 53.5 Å². The van der Waals surface area contributed by atoms with Gasteiger partial charge in [-0.05, 0) is 44.0 Å². The van der Waals surface area contributed by atoms with Crippen LogP contribution in [0.1, 0.15) is 24.0 Å². The molecule has 2 aromatic heterocycles. The molecule has 5 heteroatoms. The van der Waals surface area contributed by atoms with Gasteiger partial charge in [-0.15, -0.1) is 10.2 Å². The van der Waals surface area contributed by atoms with Crippen LogP contribution in [0.5, 0.6) is 5.75 Å². The minimum Gasteiger partial charge on any atom is -0.495 e. The Morgan fingerprint density at radius 2 is 1.83 bits per heavy atom. The Balaban J connectivity index is 2.25. The van der Waals surface area contributed by atoms with E-state index in [-0.39, 0.29) is 0 Å². The molecular formula is C18H20N4O. The first-order chi connectivity index (χ1) is 11.2. The van der Waals surface area contributed by atoms with Crippen LogP contribution in [0.3, 0.4) is 0 Å². The summed E-state index contributed by atoms with van der Waals surface area (Å²) in [6.07, 6.45) is 0.884. The van der Waals surface area contributed by atoms with Gasteiger partial charge in [-0.1, -0.05) is 25.1 Å². The summed E-state index contributed by atoms with van der Waals surface area (Å²) < 4.78 is 7.55. The van der Waals surface area contributed by atoms with Gasteiger partial charge in [0.2, 0.25) is 0 Å². The Labute approximate surface area is 136 Å². The van der Waals surface area contributed by atoms with E-state index < -0.39 is 0 Å². The number of hydrogen-bond acceptors (Lipinski definition) is 4. The first-order valence-corrected chi connectivity index (χ1v) is 7.68. The van der Waals surface area contributed by atoms with Crippen molar-refractivity contribution in [2.75, 3.05) is 7.11 Å². The number of rotatable bonds is 4. The van der Waals surface area contributed by atoms with Gasteiger partial charge in [-0.2, -0.15) is 0 Å². The topological polar surface area (TPSA) is 52.8 Å².